The summed E-state index contributed by atoms with van der Waals surface area (Å²) in [6.07, 6.45) is 9.21. The molecule has 1 unspecified atom stereocenters. The molecule has 0 aromatic heterocycles. The van der Waals surface area contributed by atoms with Gasteiger partial charge in [0.25, 0.3) is 0 Å². The van der Waals surface area contributed by atoms with Crippen LogP contribution >= 0.6 is 0 Å². The molecule has 0 N–H and O–H groups in total. The van der Waals surface area contributed by atoms with E-state index in [1.165, 1.54) is 70.0 Å². The molecule has 1 nitrogen and oxygen atoms in total. The van der Waals surface area contributed by atoms with E-state index in [0.717, 1.165) is 12.7 Å². The zero-order chi connectivity index (χ0) is 18.6. The molecule has 138 valence electrons. The number of hydrogen-bond acceptors (Lipinski definition) is 1. The Balaban J connectivity index is 1.76. The molecule has 0 aliphatic carbocycles. The molecule has 0 spiro atoms. The summed E-state index contributed by atoms with van der Waals surface area (Å²) in [6, 6.07) is 20.0. The van der Waals surface area contributed by atoms with Crippen LogP contribution in [0.2, 0.25) is 0 Å². The van der Waals surface area contributed by atoms with Gasteiger partial charge in [0.15, 0.2) is 0 Å². The number of unbranched alkanes of at least 4 members (excludes halogenated alkanes) is 4. The van der Waals surface area contributed by atoms with Crippen LogP contribution in [-0.2, 0) is 4.79 Å². The highest BCUT2D eigenvalue weighted by Crippen LogP contribution is 2.39. The molecule has 1 heteroatoms. The van der Waals surface area contributed by atoms with E-state index in [4.69, 9.17) is 0 Å². The van der Waals surface area contributed by atoms with Gasteiger partial charge in [-0.3, -0.25) is 0 Å². The Morgan fingerprint density at radius 3 is 2.19 bits per heavy atom. The highest BCUT2D eigenvalue weighted by molar-refractivity contribution is 6.23. The van der Waals surface area contributed by atoms with Gasteiger partial charge in [0.1, 0.15) is 6.29 Å². The minimum Gasteiger partial charge on any atom is -0.303 e. The first-order valence-corrected chi connectivity index (χ1v) is 10.4. The van der Waals surface area contributed by atoms with Gasteiger partial charge in [0.05, 0.1) is 0 Å². The number of carbonyl (C=O) groups excluding carboxylic acids is 1. The Bertz CT molecular complexity index is 1030. The Hall–Kier alpha value is -2.41. The van der Waals surface area contributed by atoms with Gasteiger partial charge in [-0.15, -0.1) is 0 Å². The van der Waals surface area contributed by atoms with Crippen molar-refractivity contribution in [2.75, 3.05) is 0 Å². The molecule has 4 aromatic carbocycles. The molecule has 0 aliphatic rings. The third-order valence-corrected chi connectivity index (χ3v) is 6.04. The molecule has 0 aliphatic heterocycles. The van der Waals surface area contributed by atoms with Crippen molar-refractivity contribution in [1.82, 2.24) is 0 Å². The summed E-state index contributed by atoms with van der Waals surface area (Å²) in [5.41, 5.74) is 1.35. The Kier molecular flexibility index (Phi) is 5.38. The van der Waals surface area contributed by atoms with Crippen molar-refractivity contribution in [2.24, 2.45) is 0 Å². The standard InChI is InChI=1S/C26H28O/c1-2-3-4-5-6-8-19(17-18-27)23-15-13-22-12-11-20-9-7-10-21-14-16-24(23)26(22)25(20)21/h7,9-16,18-19H,2-6,8,17H2,1H3. The van der Waals surface area contributed by atoms with Crippen LogP contribution in [-0.4, -0.2) is 6.29 Å². The summed E-state index contributed by atoms with van der Waals surface area (Å²) in [5.74, 6) is 0.327. The lowest BCUT2D eigenvalue weighted by atomic mass is 9.84. The fraction of sp³-hybridized carbons (Fsp3) is 0.346. The second-order valence-corrected chi connectivity index (χ2v) is 7.81. The van der Waals surface area contributed by atoms with Crippen molar-refractivity contribution in [3.05, 3.63) is 60.2 Å². The molecule has 0 fully saturated rings. The van der Waals surface area contributed by atoms with Crippen LogP contribution in [0.3, 0.4) is 0 Å². The minimum absolute atomic E-state index is 0.327. The van der Waals surface area contributed by atoms with Crippen molar-refractivity contribution in [3.8, 4) is 0 Å². The highest BCUT2D eigenvalue weighted by atomic mass is 16.1. The average Bonchev–Trinajstić information content (AvgIpc) is 2.71. The van der Waals surface area contributed by atoms with Gasteiger partial charge in [0, 0.05) is 6.42 Å². The van der Waals surface area contributed by atoms with Crippen molar-refractivity contribution in [2.45, 2.75) is 57.8 Å². The summed E-state index contributed by atoms with van der Waals surface area (Å²) in [4.78, 5) is 11.4. The van der Waals surface area contributed by atoms with Crippen LogP contribution in [0.1, 0.15) is 63.4 Å². The minimum atomic E-state index is 0.327. The first-order chi connectivity index (χ1) is 13.3. The average molecular weight is 357 g/mol. The largest absolute Gasteiger partial charge is 0.303 e. The predicted molar refractivity (Wildman–Crippen MR) is 117 cm³/mol. The quantitative estimate of drug-likeness (QED) is 0.171. The van der Waals surface area contributed by atoms with Gasteiger partial charge in [-0.25, -0.2) is 0 Å². The van der Waals surface area contributed by atoms with E-state index in [0.29, 0.717) is 12.3 Å². The van der Waals surface area contributed by atoms with Crippen LogP contribution in [0.4, 0.5) is 0 Å². The van der Waals surface area contributed by atoms with Crippen LogP contribution < -0.4 is 0 Å². The summed E-state index contributed by atoms with van der Waals surface area (Å²) < 4.78 is 0. The number of rotatable bonds is 9. The lowest BCUT2D eigenvalue weighted by Crippen LogP contribution is -2.02. The summed E-state index contributed by atoms with van der Waals surface area (Å²) >= 11 is 0. The second kappa shape index (κ2) is 8.08. The van der Waals surface area contributed by atoms with E-state index in [1.54, 1.807) is 0 Å². The normalized spacial score (nSPS) is 12.9. The molecule has 0 saturated heterocycles. The number of benzene rings is 4. The third kappa shape index (κ3) is 3.43. The van der Waals surface area contributed by atoms with Gasteiger partial charge >= 0.3 is 0 Å². The van der Waals surface area contributed by atoms with Gasteiger partial charge in [0.2, 0.25) is 0 Å². The Morgan fingerprint density at radius 2 is 1.44 bits per heavy atom. The molecular formula is C26H28O. The lowest BCUT2D eigenvalue weighted by Gasteiger charge is -2.20. The molecule has 27 heavy (non-hydrogen) atoms. The SMILES string of the molecule is CCCCCCCC(CC=O)c1ccc2ccc3cccc4ccc1c2c34. The maximum Gasteiger partial charge on any atom is 0.120 e. The highest BCUT2D eigenvalue weighted by Gasteiger charge is 2.17. The fourth-order valence-corrected chi connectivity index (χ4v) is 4.62. The molecule has 0 amide bonds. The molecular weight excluding hydrogens is 328 g/mol. The lowest BCUT2D eigenvalue weighted by molar-refractivity contribution is -0.108. The van der Waals surface area contributed by atoms with E-state index in [2.05, 4.69) is 61.5 Å². The molecule has 0 heterocycles. The van der Waals surface area contributed by atoms with Crippen molar-refractivity contribution in [3.63, 3.8) is 0 Å². The molecule has 4 aromatic rings. The van der Waals surface area contributed by atoms with Crippen LogP contribution in [0.15, 0.2) is 54.6 Å². The Labute approximate surface area is 161 Å². The first kappa shape index (κ1) is 18.0. The first-order valence-electron chi connectivity index (χ1n) is 10.4. The molecule has 1 atom stereocenters. The zero-order valence-electron chi connectivity index (χ0n) is 16.2. The fourth-order valence-electron chi connectivity index (χ4n) is 4.62. The van der Waals surface area contributed by atoms with Gasteiger partial charge in [-0.2, -0.15) is 0 Å². The third-order valence-electron chi connectivity index (χ3n) is 6.04. The van der Waals surface area contributed by atoms with Crippen LogP contribution in [0.5, 0.6) is 0 Å². The van der Waals surface area contributed by atoms with Crippen molar-refractivity contribution >= 4 is 38.6 Å². The zero-order valence-corrected chi connectivity index (χ0v) is 16.2. The molecule has 0 saturated carbocycles. The summed E-state index contributed by atoms with van der Waals surface area (Å²) in [6.45, 7) is 2.25. The number of aldehydes is 1. The van der Waals surface area contributed by atoms with Crippen molar-refractivity contribution in [1.29, 1.82) is 0 Å². The Morgan fingerprint density at radius 1 is 0.778 bits per heavy atom. The maximum absolute atomic E-state index is 11.4. The number of carbonyl (C=O) groups is 1. The van der Waals surface area contributed by atoms with E-state index < -0.39 is 0 Å². The predicted octanol–water partition coefficient (Wildman–Crippen LogP) is 7.62. The van der Waals surface area contributed by atoms with Crippen LogP contribution in [0.25, 0.3) is 32.3 Å². The summed E-state index contributed by atoms with van der Waals surface area (Å²) in [5, 5.41) is 7.96. The van der Waals surface area contributed by atoms with E-state index in [9.17, 15) is 4.79 Å². The monoisotopic (exact) mass is 356 g/mol. The van der Waals surface area contributed by atoms with E-state index in [1.807, 2.05) is 0 Å². The van der Waals surface area contributed by atoms with E-state index >= 15 is 0 Å². The van der Waals surface area contributed by atoms with Crippen LogP contribution in [0, 0.1) is 0 Å². The van der Waals surface area contributed by atoms with Crippen molar-refractivity contribution < 1.29 is 4.79 Å². The molecule has 0 radical (unpaired) electrons. The van der Waals surface area contributed by atoms with E-state index in [-0.39, 0.29) is 0 Å². The van der Waals surface area contributed by atoms with Gasteiger partial charge in [-0.1, -0.05) is 93.6 Å². The summed E-state index contributed by atoms with van der Waals surface area (Å²) in [7, 11) is 0. The topological polar surface area (TPSA) is 17.1 Å². The maximum atomic E-state index is 11.4. The van der Waals surface area contributed by atoms with Gasteiger partial charge < -0.3 is 4.79 Å². The number of hydrogen-bond donors (Lipinski definition) is 0. The van der Waals surface area contributed by atoms with Gasteiger partial charge in [-0.05, 0) is 50.2 Å². The molecule has 4 rings (SSSR count). The second-order valence-electron chi connectivity index (χ2n) is 7.81. The smallest absolute Gasteiger partial charge is 0.120 e. The molecule has 0 bridgehead atoms.